The second-order valence-electron chi connectivity index (χ2n) is 8.01. The topological polar surface area (TPSA) is 125 Å². The molecule has 0 saturated carbocycles. The van der Waals surface area contributed by atoms with Crippen LogP contribution in [0.4, 0.5) is 5.82 Å². The Bertz CT molecular complexity index is 1440. The molecule has 1 amide bonds. The Balaban J connectivity index is 1.59. The van der Waals surface area contributed by atoms with Crippen LogP contribution in [0.3, 0.4) is 0 Å². The van der Waals surface area contributed by atoms with Crippen LogP contribution in [0.2, 0.25) is 5.02 Å². The van der Waals surface area contributed by atoms with Crippen molar-refractivity contribution in [2.75, 3.05) is 18.8 Å². The van der Waals surface area contributed by atoms with Gasteiger partial charge in [-0.15, -0.1) is 0 Å². The number of hydrogen-bond acceptors (Lipinski definition) is 7. The molecule has 5 heterocycles. The van der Waals surface area contributed by atoms with E-state index in [1.54, 1.807) is 34.3 Å². The molecule has 1 atom stereocenters. The molecule has 4 aromatic heterocycles. The number of amides is 1. The van der Waals surface area contributed by atoms with Crippen molar-refractivity contribution in [2.45, 2.75) is 18.9 Å². The van der Waals surface area contributed by atoms with Gasteiger partial charge in [-0.2, -0.15) is 5.10 Å². The van der Waals surface area contributed by atoms with E-state index in [2.05, 4.69) is 21.5 Å². The summed E-state index contributed by atoms with van der Waals surface area (Å²) in [5.41, 5.74) is 8.02. The quantitative estimate of drug-likeness (QED) is 0.449. The first kappa shape index (κ1) is 21.8. The van der Waals surface area contributed by atoms with Gasteiger partial charge in [-0.3, -0.25) is 18.8 Å². The molecule has 0 spiro atoms. The number of rotatable bonds is 4. The van der Waals surface area contributed by atoms with Crippen molar-refractivity contribution in [3.05, 3.63) is 71.0 Å². The van der Waals surface area contributed by atoms with Gasteiger partial charge in [0.25, 0.3) is 0 Å². The van der Waals surface area contributed by atoms with Gasteiger partial charge < -0.3 is 10.6 Å². The summed E-state index contributed by atoms with van der Waals surface area (Å²) < 4.78 is 3.48. The van der Waals surface area contributed by atoms with Crippen molar-refractivity contribution >= 4 is 34.2 Å². The van der Waals surface area contributed by atoms with E-state index in [1.807, 2.05) is 4.68 Å². The number of carbonyl (C=O) groups is 1. The molecule has 1 saturated heterocycles. The van der Waals surface area contributed by atoms with Crippen LogP contribution in [0.5, 0.6) is 0 Å². The second kappa shape index (κ2) is 8.71. The molecule has 0 aliphatic carbocycles. The summed E-state index contributed by atoms with van der Waals surface area (Å²) in [4.78, 5) is 38.4. The van der Waals surface area contributed by atoms with Crippen LogP contribution in [-0.4, -0.2) is 53.2 Å². The van der Waals surface area contributed by atoms with Gasteiger partial charge in [-0.1, -0.05) is 18.2 Å². The molecular formula is C23H21ClN8O2. The van der Waals surface area contributed by atoms with Crippen molar-refractivity contribution in [3.63, 3.8) is 0 Å². The maximum absolute atomic E-state index is 12.2. The largest absolute Gasteiger partial charge is 0.383 e. The monoisotopic (exact) mass is 476 g/mol. The first-order valence-electron chi connectivity index (χ1n) is 10.7. The number of halogens is 1. The smallest absolute Gasteiger partial charge is 0.246 e. The van der Waals surface area contributed by atoms with Crippen LogP contribution >= 0.6 is 11.6 Å². The van der Waals surface area contributed by atoms with Crippen LogP contribution in [0, 0.1) is 0 Å². The van der Waals surface area contributed by atoms with Gasteiger partial charge in [-0.05, 0) is 18.9 Å². The molecule has 0 aromatic carbocycles. The molecule has 4 aromatic rings. The van der Waals surface area contributed by atoms with Gasteiger partial charge in [0.15, 0.2) is 5.43 Å². The van der Waals surface area contributed by atoms with E-state index in [4.69, 9.17) is 22.4 Å². The van der Waals surface area contributed by atoms with E-state index in [1.165, 1.54) is 24.4 Å². The highest BCUT2D eigenvalue weighted by Gasteiger charge is 2.28. The van der Waals surface area contributed by atoms with E-state index in [0.717, 1.165) is 12.8 Å². The van der Waals surface area contributed by atoms with Gasteiger partial charge >= 0.3 is 0 Å². The molecule has 2 N–H and O–H groups in total. The summed E-state index contributed by atoms with van der Waals surface area (Å²) in [6, 6.07) is 2.78. The van der Waals surface area contributed by atoms with E-state index in [0.29, 0.717) is 52.0 Å². The van der Waals surface area contributed by atoms with E-state index in [9.17, 15) is 9.59 Å². The third kappa shape index (κ3) is 3.81. The Labute approximate surface area is 199 Å². The lowest BCUT2D eigenvalue weighted by atomic mass is 10.1. The first-order valence-corrected chi connectivity index (χ1v) is 11.1. The Morgan fingerprint density at radius 3 is 2.62 bits per heavy atom. The molecule has 1 fully saturated rings. The number of anilines is 1. The minimum absolute atomic E-state index is 0.0884. The number of fused-ring (bicyclic) bond motifs is 1. The number of aromatic nitrogens is 6. The van der Waals surface area contributed by atoms with E-state index in [-0.39, 0.29) is 17.4 Å². The second-order valence-corrected chi connectivity index (χ2v) is 8.41. The highest BCUT2D eigenvalue weighted by Crippen LogP contribution is 2.37. The number of nitrogen functional groups attached to an aromatic ring is 1. The average molecular weight is 477 g/mol. The summed E-state index contributed by atoms with van der Waals surface area (Å²) in [6.45, 7) is 4.75. The number of piperidine rings is 1. The molecule has 0 bridgehead atoms. The summed E-state index contributed by atoms with van der Waals surface area (Å²) >= 11 is 6.56. The predicted molar refractivity (Wildman–Crippen MR) is 129 cm³/mol. The highest BCUT2D eigenvalue weighted by molar-refractivity contribution is 6.35. The maximum Gasteiger partial charge on any atom is 0.246 e. The lowest BCUT2D eigenvalue weighted by molar-refractivity contribution is -0.127. The van der Waals surface area contributed by atoms with Crippen molar-refractivity contribution in [2.24, 2.45) is 0 Å². The van der Waals surface area contributed by atoms with Crippen molar-refractivity contribution in [1.29, 1.82) is 0 Å². The molecule has 172 valence electrons. The lowest BCUT2D eigenvalue weighted by Gasteiger charge is -2.32. The number of nitrogens with zero attached hydrogens (tertiary/aromatic N) is 7. The summed E-state index contributed by atoms with van der Waals surface area (Å²) in [6.07, 6.45) is 11.0. The minimum Gasteiger partial charge on any atom is -0.383 e. The lowest BCUT2D eigenvalue weighted by Crippen LogP contribution is -2.40. The van der Waals surface area contributed by atoms with Gasteiger partial charge in [0, 0.05) is 55.6 Å². The fraction of sp³-hybridized carbons (Fsp3) is 0.217. The van der Waals surface area contributed by atoms with Crippen LogP contribution < -0.4 is 11.2 Å². The van der Waals surface area contributed by atoms with Crippen LogP contribution in [0.25, 0.3) is 28.1 Å². The van der Waals surface area contributed by atoms with Crippen molar-refractivity contribution in [3.8, 4) is 17.2 Å². The van der Waals surface area contributed by atoms with Gasteiger partial charge in [-0.25, -0.2) is 15.0 Å². The Hall–Kier alpha value is -4.05. The Morgan fingerprint density at radius 2 is 1.91 bits per heavy atom. The number of pyridine rings is 2. The molecule has 5 rings (SSSR count). The van der Waals surface area contributed by atoms with Crippen LogP contribution in [0.1, 0.15) is 18.9 Å². The zero-order valence-electron chi connectivity index (χ0n) is 18.1. The summed E-state index contributed by atoms with van der Waals surface area (Å²) in [5, 5.41) is 5.89. The summed E-state index contributed by atoms with van der Waals surface area (Å²) in [5.74, 6) is 0.586. The zero-order chi connectivity index (χ0) is 23.8. The molecule has 34 heavy (non-hydrogen) atoms. The maximum atomic E-state index is 12.2. The SMILES string of the molecule is C=CC(=O)N1CCC[C@@H](n2nc(-c3cnc(-n4ccc(=O)cc4)nc3)c3c(N)ncc(Cl)c32)C1. The molecule has 0 radical (unpaired) electrons. The molecule has 0 unspecified atom stereocenters. The predicted octanol–water partition coefficient (Wildman–Crippen LogP) is 2.62. The van der Waals surface area contributed by atoms with E-state index >= 15 is 0 Å². The number of likely N-dealkylation sites (tertiary alicyclic amines) is 1. The van der Waals surface area contributed by atoms with E-state index < -0.39 is 0 Å². The molecular weight excluding hydrogens is 456 g/mol. The molecule has 1 aliphatic heterocycles. The Morgan fingerprint density at radius 1 is 1.18 bits per heavy atom. The van der Waals surface area contributed by atoms with Crippen molar-refractivity contribution in [1.82, 2.24) is 34.2 Å². The van der Waals surface area contributed by atoms with Gasteiger partial charge in [0.1, 0.15) is 11.5 Å². The molecule has 1 aliphatic rings. The standard InChI is InChI=1S/C23H21ClN8O2/c1-2-18(34)31-7-3-4-15(13-31)32-21-17(24)12-26-22(25)19(21)20(29-32)14-10-27-23(28-11-14)30-8-5-16(33)6-9-30/h2,5-6,8-12,15H,1,3-4,7,13H2,(H2,25,26)/t15-/m1/s1. The Kier molecular flexibility index (Phi) is 5.58. The summed E-state index contributed by atoms with van der Waals surface area (Å²) in [7, 11) is 0. The normalized spacial score (nSPS) is 16.0. The fourth-order valence-electron chi connectivity index (χ4n) is 4.23. The zero-order valence-corrected chi connectivity index (χ0v) is 18.9. The van der Waals surface area contributed by atoms with Gasteiger partial charge in [0.05, 0.1) is 28.2 Å². The number of nitrogens with two attached hydrogens (primary N) is 1. The number of carbonyl (C=O) groups excluding carboxylic acids is 1. The molecule has 10 nitrogen and oxygen atoms in total. The van der Waals surface area contributed by atoms with Crippen molar-refractivity contribution < 1.29 is 4.79 Å². The third-order valence-corrected chi connectivity index (χ3v) is 6.16. The molecule has 11 heteroatoms. The fourth-order valence-corrected chi connectivity index (χ4v) is 4.46. The average Bonchev–Trinajstić information content (AvgIpc) is 3.29. The first-order chi connectivity index (χ1) is 16.5. The third-order valence-electron chi connectivity index (χ3n) is 5.88. The number of hydrogen-bond donors (Lipinski definition) is 1. The highest BCUT2D eigenvalue weighted by atomic mass is 35.5. The van der Waals surface area contributed by atoms with Crippen LogP contribution in [0.15, 0.2) is 60.6 Å². The minimum atomic E-state index is -0.111. The van der Waals surface area contributed by atoms with Crippen LogP contribution in [-0.2, 0) is 4.79 Å². The van der Waals surface area contributed by atoms with Gasteiger partial charge in [0.2, 0.25) is 11.9 Å².